The van der Waals surface area contributed by atoms with Gasteiger partial charge in [0.25, 0.3) is 0 Å². The minimum absolute atomic E-state index is 0.153. The Hall–Kier alpha value is -1.74. The van der Waals surface area contributed by atoms with Crippen LogP contribution in [0, 0.1) is 13.8 Å². The third-order valence-electron chi connectivity index (χ3n) is 3.70. The minimum atomic E-state index is 0.153. The summed E-state index contributed by atoms with van der Waals surface area (Å²) in [7, 11) is 0. The van der Waals surface area contributed by atoms with Gasteiger partial charge in [-0.25, -0.2) is 0 Å². The normalized spacial score (nSPS) is 11.7. The number of aryl methyl sites for hydroxylation is 2. The Morgan fingerprint density at radius 3 is 2.38 bits per heavy atom. The van der Waals surface area contributed by atoms with Crippen LogP contribution in [-0.2, 0) is 18.6 Å². The van der Waals surface area contributed by atoms with Crippen LogP contribution in [0.15, 0.2) is 28.7 Å². The summed E-state index contributed by atoms with van der Waals surface area (Å²) in [5, 5.41) is 0. The highest BCUT2D eigenvalue weighted by Crippen LogP contribution is 2.28. The molecule has 0 aliphatic heterocycles. The van der Waals surface area contributed by atoms with E-state index in [0.717, 1.165) is 28.4 Å². The molecule has 0 atom stereocenters. The van der Waals surface area contributed by atoms with E-state index in [0.29, 0.717) is 13.2 Å². The molecule has 2 N–H and O–H groups in total. The highest BCUT2D eigenvalue weighted by Gasteiger charge is 2.15. The summed E-state index contributed by atoms with van der Waals surface area (Å²) < 4.78 is 11.5. The SMILES string of the molecule is Cc1cc(C(C)(C)C)ccc1OCc1cc(CN)oc1C. The summed E-state index contributed by atoms with van der Waals surface area (Å²) in [6, 6.07) is 8.35. The van der Waals surface area contributed by atoms with Crippen LogP contribution in [0.4, 0.5) is 0 Å². The van der Waals surface area contributed by atoms with E-state index in [4.69, 9.17) is 14.9 Å². The molecule has 0 unspecified atom stereocenters. The van der Waals surface area contributed by atoms with Gasteiger partial charge in [0.15, 0.2) is 0 Å². The summed E-state index contributed by atoms with van der Waals surface area (Å²) in [6.07, 6.45) is 0. The fourth-order valence-corrected chi connectivity index (χ4v) is 2.26. The molecule has 0 fully saturated rings. The smallest absolute Gasteiger partial charge is 0.122 e. The van der Waals surface area contributed by atoms with E-state index in [1.807, 2.05) is 13.0 Å². The predicted molar refractivity (Wildman–Crippen MR) is 85.5 cm³/mol. The molecule has 0 aliphatic carbocycles. The Labute approximate surface area is 127 Å². The Morgan fingerprint density at radius 1 is 1.14 bits per heavy atom. The van der Waals surface area contributed by atoms with Crippen LogP contribution in [0.1, 0.15) is 49.0 Å². The van der Waals surface area contributed by atoms with E-state index in [1.54, 1.807) is 0 Å². The molecule has 114 valence electrons. The first kappa shape index (κ1) is 15.6. The summed E-state index contributed by atoms with van der Waals surface area (Å²) in [4.78, 5) is 0. The average molecular weight is 287 g/mol. The molecule has 0 amide bonds. The van der Waals surface area contributed by atoms with Crippen LogP contribution in [0.2, 0.25) is 0 Å². The molecule has 2 aromatic rings. The molecule has 0 radical (unpaired) electrons. The number of ether oxygens (including phenoxy) is 1. The lowest BCUT2D eigenvalue weighted by atomic mass is 9.86. The fraction of sp³-hybridized carbons (Fsp3) is 0.444. The van der Waals surface area contributed by atoms with Gasteiger partial charge >= 0.3 is 0 Å². The van der Waals surface area contributed by atoms with Gasteiger partial charge in [-0.2, -0.15) is 0 Å². The molecule has 0 bridgehead atoms. The Morgan fingerprint density at radius 2 is 1.86 bits per heavy atom. The average Bonchev–Trinajstić information content (AvgIpc) is 2.77. The number of furan rings is 1. The van der Waals surface area contributed by atoms with Gasteiger partial charge in [0.1, 0.15) is 23.9 Å². The van der Waals surface area contributed by atoms with Gasteiger partial charge in [-0.15, -0.1) is 0 Å². The second-order valence-corrected chi connectivity index (χ2v) is 6.52. The highest BCUT2D eigenvalue weighted by molar-refractivity contribution is 5.39. The van der Waals surface area contributed by atoms with Crippen molar-refractivity contribution >= 4 is 0 Å². The largest absolute Gasteiger partial charge is 0.489 e. The Bertz CT molecular complexity index is 621. The standard InChI is InChI=1S/C18H25NO2/c1-12-8-15(18(3,4)5)6-7-17(12)20-11-14-9-16(10-19)21-13(14)2/h6-9H,10-11,19H2,1-5H3. The second kappa shape index (κ2) is 5.94. The zero-order valence-corrected chi connectivity index (χ0v) is 13.6. The van der Waals surface area contributed by atoms with E-state index >= 15 is 0 Å². The summed E-state index contributed by atoms with van der Waals surface area (Å²) in [5.74, 6) is 2.59. The molecule has 21 heavy (non-hydrogen) atoms. The van der Waals surface area contributed by atoms with Crippen molar-refractivity contribution in [3.8, 4) is 5.75 Å². The van der Waals surface area contributed by atoms with Gasteiger partial charge in [-0.05, 0) is 42.5 Å². The van der Waals surface area contributed by atoms with Gasteiger partial charge in [-0.3, -0.25) is 0 Å². The number of rotatable bonds is 4. The van der Waals surface area contributed by atoms with E-state index < -0.39 is 0 Å². The molecule has 0 spiro atoms. The van der Waals surface area contributed by atoms with Crippen LogP contribution in [0.5, 0.6) is 5.75 Å². The topological polar surface area (TPSA) is 48.4 Å². The highest BCUT2D eigenvalue weighted by atomic mass is 16.5. The van der Waals surface area contributed by atoms with Crippen molar-refractivity contribution in [1.29, 1.82) is 0 Å². The molecular formula is C18H25NO2. The zero-order valence-electron chi connectivity index (χ0n) is 13.6. The summed E-state index contributed by atoms with van der Waals surface area (Å²) in [6.45, 7) is 11.6. The molecule has 0 aliphatic rings. The van der Waals surface area contributed by atoms with Gasteiger partial charge in [0, 0.05) is 5.56 Å². The third-order valence-corrected chi connectivity index (χ3v) is 3.70. The predicted octanol–water partition coefficient (Wildman–Crippen LogP) is 4.23. The van der Waals surface area contributed by atoms with Crippen molar-refractivity contribution in [1.82, 2.24) is 0 Å². The molecule has 2 rings (SSSR count). The van der Waals surface area contributed by atoms with E-state index in [2.05, 4.69) is 45.9 Å². The fourth-order valence-electron chi connectivity index (χ4n) is 2.26. The van der Waals surface area contributed by atoms with Gasteiger partial charge in [0.2, 0.25) is 0 Å². The van der Waals surface area contributed by atoms with Gasteiger partial charge < -0.3 is 14.9 Å². The van der Waals surface area contributed by atoms with Crippen molar-refractivity contribution in [2.45, 2.75) is 53.2 Å². The monoisotopic (exact) mass is 287 g/mol. The molecule has 1 heterocycles. The number of hydrogen-bond donors (Lipinski definition) is 1. The molecule has 1 aromatic carbocycles. The summed E-state index contributed by atoms with van der Waals surface area (Å²) in [5.41, 5.74) is 9.26. The van der Waals surface area contributed by atoms with Crippen molar-refractivity contribution in [3.63, 3.8) is 0 Å². The Balaban J connectivity index is 2.11. The maximum atomic E-state index is 5.93. The maximum Gasteiger partial charge on any atom is 0.122 e. The second-order valence-electron chi connectivity index (χ2n) is 6.52. The van der Waals surface area contributed by atoms with Crippen molar-refractivity contribution in [2.75, 3.05) is 0 Å². The van der Waals surface area contributed by atoms with E-state index in [-0.39, 0.29) is 5.41 Å². The quantitative estimate of drug-likeness (QED) is 0.915. The van der Waals surface area contributed by atoms with Gasteiger partial charge in [-0.1, -0.05) is 32.9 Å². The lowest BCUT2D eigenvalue weighted by molar-refractivity contribution is 0.300. The minimum Gasteiger partial charge on any atom is -0.489 e. The number of benzene rings is 1. The van der Waals surface area contributed by atoms with Crippen LogP contribution < -0.4 is 10.5 Å². The molecular weight excluding hydrogens is 262 g/mol. The van der Waals surface area contributed by atoms with Crippen LogP contribution >= 0.6 is 0 Å². The van der Waals surface area contributed by atoms with Crippen LogP contribution in [0.3, 0.4) is 0 Å². The maximum absolute atomic E-state index is 5.93. The van der Waals surface area contributed by atoms with Crippen molar-refractivity contribution < 1.29 is 9.15 Å². The zero-order chi connectivity index (χ0) is 15.6. The molecule has 1 aromatic heterocycles. The first-order valence-corrected chi connectivity index (χ1v) is 7.33. The first-order chi connectivity index (χ1) is 9.81. The van der Waals surface area contributed by atoms with Gasteiger partial charge in [0.05, 0.1) is 6.54 Å². The van der Waals surface area contributed by atoms with Crippen LogP contribution in [-0.4, -0.2) is 0 Å². The van der Waals surface area contributed by atoms with Crippen molar-refractivity contribution in [3.05, 3.63) is 52.5 Å². The number of nitrogens with two attached hydrogens (primary N) is 1. The number of hydrogen-bond acceptors (Lipinski definition) is 3. The molecule has 0 saturated carbocycles. The molecule has 0 saturated heterocycles. The first-order valence-electron chi connectivity index (χ1n) is 7.33. The van der Waals surface area contributed by atoms with E-state index in [9.17, 15) is 0 Å². The lowest BCUT2D eigenvalue weighted by Crippen LogP contribution is -2.11. The van der Waals surface area contributed by atoms with E-state index in [1.165, 1.54) is 5.56 Å². The van der Waals surface area contributed by atoms with Crippen LogP contribution in [0.25, 0.3) is 0 Å². The molecule has 3 heteroatoms. The third kappa shape index (κ3) is 3.67. The van der Waals surface area contributed by atoms with Crippen molar-refractivity contribution in [2.24, 2.45) is 5.73 Å². The summed E-state index contributed by atoms with van der Waals surface area (Å²) >= 11 is 0. The Kier molecular flexibility index (Phi) is 4.43. The molecule has 3 nitrogen and oxygen atoms in total. The lowest BCUT2D eigenvalue weighted by Gasteiger charge is -2.20.